The van der Waals surface area contributed by atoms with E-state index in [-0.39, 0.29) is 17.7 Å². The summed E-state index contributed by atoms with van der Waals surface area (Å²) in [6.07, 6.45) is 7.82. The van der Waals surface area contributed by atoms with Gasteiger partial charge in [0.1, 0.15) is 5.69 Å². The van der Waals surface area contributed by atoms with Crippen molar-refractivity contribution in [2.45, 2.75) is 6.54 Å². The Balaban J connectivity index is 1.47. The predicted molar refractivity (Wildman–Crippen MR) is 77.5 cm³/mol. The SMILES string of the molecule is O=C(NCc1cccnc1)C1CN(C(=O)c2cnccn2)C1. The fourth-order valence-corrected chi connectivity index (χ4v) is 2.22. The quantitative estimate of drug-likeness (QED) is 0.874. The number of likely N-dealkylation sites (tertiary alicyclic amines) is 1. The lowest BCUT2D eigenvalue weighted by molar-refractivity contribution is -0.129. The molecule has 0 bridgehead atoms. The topological polar surface area (TPSA) is 88.1 Å². The smallest absolute Gasteiger partial charge is 0.274 e. The molecular formula is C15H15N5O2. The lowest BCUT2D eigenvalue weighted by atomic mass is 9.98. The largest absolute Gasteiger partial charge is 0.352 e. The highest BCUT2D eigenvalue weighted by Gasteiger charge is 2.36. The minimum atomic E-state index is -0.190. The molecule has 1 N–H and O–H groups in total. The van der Waals surface area contributed by atoms with Crippen LogP contribution in [0.3, 0.4) is 0 Å². The van der Waals surface area contributed by atoms with Crippen molar-refractivity contribution in [3.8, 4) is 0 Å². The molecule has 0 aliphatic carbocycles. The van der Waals surface area contributed by atoms with E-state index in [4.69, 9.17) is 0 Å². The van der Waals surface area contributed by atoms with E-state index in [1.807, 2.05) is 12.1 Å². The third-order valence-corrected chi connectivity index (χ3v) is 3.51. The van der Waals surface area contributed by atoms with Crippen molar-refractivity contribution in [1.82, 2.24) is 25.2 Å². The van der Waals surface area contributed by atoms with Gasteiger partial charge in [-0.1, -0.05) is 6.07 Å². The van der Waals surface area contributed by atoms with Crippen LogP contribution in [0.1, 0.15) is 16.1 Å². The zero-order valence-electron chi connectivity index (χ0n) is 11.8. The Morgan fingerprint density at radius 1 is 1.18 bits per heavy atom. The maximum atomic E-state index is 12.1. The van der Waals surface area contributed by atoms with Crippen LogP contribution in [0.25, 0.3) is 0 Å². The summed E-state index contributed by atoms with van der Waals surface area (Å²) in [5, 5.41) is 2.86. The van der Waals surface area contributed by atoms with Crippen LogP contribution in [0.5, 0.6) is 0 Å². The molecular weight excluding hydrogens is 282 g/mol. The summed E-state index contributed by atoms with van der Waals surface area (Å²) in [6.45, 7) is 1.27. The second-order valence-electron chi connectivity index (χ2n) is 5.08. The molecule has 2 aromatic heterocycles. The first-order valence-electron chi connectivity index (χ1n) is 6.96. The number of aromatic nitrogens is 3. The van der Waals surface area contributed by atoms with E-state index < -0.39 is 0 Å². The molecule has 1 aliphatic rings. The highest BCUT2D eigenvalue weighted by atomic mass is 16.2. The van der Waals surface area contributed by atoms with Gasteiger partial charge in [0.05, 0.1) is 12.1 Å². The predicted octanol–water partition coefficient (Wildman–Crippen LogP) is 0.260. The first-order valence-corrected chi connectivity index (χ1v) is 6.96. The van der Waals surface area contributed by atoms with Crippen molar-refractivity contribution in [3.63, 3.8) is 0 Å². The van der Waals surface area contributed by atoms with Crippen molar-refractivity contribution >= 4 is 11.8 Å². The van der Waals surface area contributed by atoms with Crippen molar-refractivity contribution in [2.75, 3.05) is 13.1 Å². The van der Waals surface area contributed by atoms with Crippen molar-refractivity contribution in [2.24, 2.45) is 5.92 Å². The van der Waals surface area contributed by atoms with E-state index in [1.165, 1.54) is 18.6 Å². The van der Waals surface area contributed by atoms with Crippen LogP contribution in [0.15, 0.2) is 43.1 Å². The number of rotatable bonds is 4. The van der Waals surface area contributed by atoms with Gasteiger partial charge >= 0.3 is 0 Å². The number of carbonyl (C=O) groups is 2. The molecule has 3 heterocycles. The Hall–Kier alpha value is -2.83. The number of nitrogens with zero attached hydrogens (tertiary/aromatic N) is 4. The molecule has 1 saturated heterocycles. The molecule has 7 heteroatoms. The van der Waals surface area contributed by atoms with Crippen LogP contribution >= 0.6 is 0 Å². The van der Waals surface area contributed by atoms with E-state index in [1.54, 1.807) is 17.3 Å². The molecule has 0 unspecified atom stereocenters. The zero-order valence-corrected chi connectivity index (χ0v) is 11.8. The highest BCUT2D eigenvalue weighted by Crippen LogP contribution is 2.18. The van der Waals surface area contributed by atoms with E-state index >= 15 is 0 Å². The maximum absolute atomic E-state index is 12.1. The van der Waals surface area contributed by atoms with Crippen molar-refractivity contribution in [1.29, 1.82) is 0 Å². The normalized spacial score (nSPS) is 14.3. The zero-order chi connectivity index (χ0) is 15.4. The average molecular weight is 297 g/mol. The fourth-order valence-electron chi connectivity index (χ4n) is 2.22. The second-order valence-corrected chi connectivity index (χ2v) is 5.08. The van der Waals surface area contributed by atoms with Gasteiger partial charge < -0.3 is 10.2 Å². The van der Waals surface area contributed by atoms with Crippen LogP contribution in [0.4, 0.5) is 0 Å². The second kappa shape index (κ2) is 6.30. The summed E-state index contributed by atoms with van der Waals surface area (Å²) >= 11 is 0. The first-order chi connectivity index (χ1) is 10.7. The van der Waals surface area contributed by atoms with Gasteiger partial charge in [-0.2, -0.15) is 0 Å². The van der Waals surface area contributed by atoms with Gasteiger partial charge in [0.15, 0.2) is 0 Å². The molecule has 3 rings (SSSR count). The molecule has 112 valence electrons. The van der Waals surface area contributed by atoms with Gasteiger partial charge in [0, 0.05) is 44.4 Å². The Morgan fingerprint density at radius 2 is 2.00 bits per heavy atom. The number of hydrogen-bond donors (Lipinski definition) is 1. The first kappa shape index (κ1) is 14.1. The van der Waals surface area contributed by atoms with Crippen LogP contribution in [-0.2, 0) is 11.3 Å². The molecule has 0 radical (unpaired) electrons. The average Bonchev–Trinajstić information content (AvgIpc) is 2.53. The Morgan fingerprint density at radius 3 is 2.68 bits per heavy atom. The van der Waals surface area contributed by atoms with Crippen LogP contribution in [0.2, 0.25) is 0 Å². The number of amides is 2. The maximum Gasteiger partial charge on any atom is 0.274 e. The van der Waals surface area contributed by atoms with Gasteiger partial charge in [-0.3, -0.25) is 19.6 Å². The Bertz CT molecular complexity index is 656. The number of nitrogens with one attached hydrogen (secondary N) is 1. The Labute approximate surface area is 127 Å². The van der Waals surface area contributed by atoms with Crippen molar-refractivity contribution < 1.29 is 9.59 Å². The van der Waals surface area contributed by atoms with E-state index in [2.05, 4.69) is 20.3 Å². The number of hydrogen-bond acceptors (Lipinski definition) is 5. The molecule has 1 fully saturated rings. The van der Waals surface area contributed by atoms with E-state index in [0.29, 0.717) is 25.3 Å². The van der Waals surface area contributed by atoms with Crippen LogP contribution in [-0.4, -0.2) is 44.8 Å². The van der Waals surface area contributed by atoms with E-state index in [9.17, 15) is 9.59 Å². The Kier molecular flexibility index (Phi) is 4.04. The van der Waals surface area contributed by atoms with Gasteiger partial charge in [0.25, 0.3) is 5.91 Å². The van der Waals surface area contributed by atoms with Gasteiger partial charge in [-0.05, 0) is 11.6 Å². The molecule has 0 aromatic carbocycles. The standard InChI is InChI=1S/C15H15N5O2/c21-14(19-7-11-2-1-3-16-6-11)12-9-20(10-12)15(22)13-8-17-4-5-18-13/h1-6,8,12H,7,9-10H2,(H,19,21). The summed E-state index contributed by atoms with van der Waals surface area (Å²) in [6, 6.07) is 3.73. The molecule has 0 atom stereocenters. The van der Waals surface area contributed by atoms with Crippen molar-refractivity contribution in [3.05, 3.63) is 54.4 Å². The lowest BCUT2D eigenvalue weighted by Crippen LogP contribution is -2.55. The third kappa shape index (κ3) is 3.08. The van der Waals surface area contributed by atoms with Gasteiger partial charge in [-0.15, -0.1) is 0 Å². The fraction of sp³-hybridized carbons (Fsp3) is 0.267. The summed E-state index contributed by atoms with van der Waals surface area (Å²) < 4.78 is 0. The molecule has 0 saturated carbocycles. The van der Waals surface area contributed by atoms with Gasteiger partial charge in [0.2, 0.25) is 5.91 Å². The summed E-state index contributed by atoms with van der Waals surface area (Å²) in [7, 11) is 0. The highest BCUT2D eigenvalue weighted by molar-refractivity contribution is 5.94. The molecule has 1 aliphatic heterocycles. The van der Waals surface area contributed by atoms with Crippen LogP contribution in [0, 0.1) is 5.92 Å². The van der Waals surface area contributed by atoms with Crippen LogP contribution < -0.4 is 5.32 Å². The molecule has 7 nitrogen and oxygen atoms in total. The summed E-state index contributed by atoms with van der Waals surface area (Å²) in [5.41, 5.74) is 1.25. The third-order valence-electron chi connectivity index (χ3n) is 3.51. The molecule has 2 aromatic rings. The number of carbonyl (C=O) groups excluding carboxylic acids is 2. The summed E-state index contributed by atoms with van der Waals surface area (Å²) in [5.74, 6) is -0.409. The minimum absolute atomic E-state index is 0.0490. The minimum Gasteiger partial charge on any atom is -0.352 e. The molecule has 2 amide bonds. The monoisotopic (exact) mass is 297 g/mol. The van der Waals surface area contributed by atoms with E-state index in [0.717, 1.165) is 5.56 Å². The molecule has 22 heavy (non-hydrogen) atoms. The lowest BCUT2D eigenvalue weighted by Gasteiger charge is -2.37. The summed E-state index contributed by atoms with van der Waals surface area (Å²) in [4.78, 5) is 37.5. The molecule has 0 spiro atoms. The van der Waals surface area contributed by atoms with Gasteiger partial charge in [-0.25, -0.2) is 4.98 Å². The number of pyridine rings is 1.